The van der Waals surface area contributed by atoms with Gasteiger partial charge in [0.15, 0.2) is 0 Å². The number of methoxy groups -OCH3 is 1. The molecule has 3 rings (SSSR count). The van der Waals surface area contributed by atoms with Crippen LogP contribution >= 0.6 is 0 Å². The van der Waals surface area contributed by atoms with Gasteiger partial charge in [-0.05, 0) is 11.1 Å². The van der Waals surface area contributed by atoms with Gasteiger partial charge in [-0.25, -0.2) is 0 Å². The molecular formula is C16H21N3O3. The number of aryl methyl sites for hydroxylation is 1. The van der Waals surface area contributed by atoms with E-state index >= 15 is 0 Å². The fraction of sp³-hybridized carbons (Fsp3) is 0.500. The number of benzene rings is 1. The molecule has 0 N–H and O–H groups in total. The first-order valence-electron chi connectivity index (χ1n) is 7.46. The fourth-order valence-corrected chi connectivity index (χ4v) is 2.69. The van der Waals surface area contributed by atoms with Crippen molar-refractivity contribution in [1.82, 2.24) is 15.1 Å². The highest BCUT2D eigenvalue weighted by Crippen LogP contribution is 2.23. The second-order valence-electron chi connectivity index (χ2n) is 5.46. The Bertz CT molecular complexity index is 614. The lowest BCUT2D eigenvalue weighted by Gasteiger charge is -2.31. The van der Waals surface area contributed by atoms with E-state index in [0.717, 1.165) is 19.6 Å². The van der Waals surface area contributed by atoms with Crippen LogP contribution in [0.3, 0.4) is 0 Å². The van der Waals surface area contributed by atoms with Crippen LogP contribution < -0.4 is 0 Å². The predicted molar refractivity (Wildman–Crippen MR) is 80.2 cm³/mol. The van der Waals surface area contributed by atoms with E-state index in [-0.39, 0.29) is 6.10 Å². The molecule has 0 radical (unpaired) electrons. The van der Waals surface area contributed by atoms with Crippen LogP contribution in [0.1, 0.15) is 29.0 Å². The molecule has 1 aliphatic rings. The highest BCUT2D eigenvalue weighted by atomic mass is 16.5. The van der Waals surface area contributed by atoms with Crippen molar-refractivity contribution in [3.05, 3.63) is 47.2 Å². The first-order chi connectivity index (χ1) is 10.8. The van der Waals surface area contributed by atoms with Crippen LogP contribution in [0, 0.1) is 6.92 Å². The molecule has 1 aromatic carbocycles. The summed E-state index contributed by atoms with van der Waals surface area (Å²) in [4.78, 5) is 2.35. The molecule has 2 aromatic rings. The van der Waals surface area contributed by atoms with E-state index < -0.39 is 0 Å². The largest absolute Gasteiger partial charge is 0.423 e. The SMILES string of the molecule is COCc1ccccc1CN1CCOC(c2nnc(C)o2)C1. The lowest BCUT2D eigenvalue weighted by Crippen LogP contribution is -2.38. The summed E-state index contributed by atoms with van der Waals surface area (Å²) in [5.41, 5.74) is 2.51. The summed E-state index contributed by atoms with van der Waals surface area (Å²) < 4.78 is 16.5. The van der Waals surface area contributed by atoms with Gasteiger partial charge in [0.1, 0.15) is 6.10 Å². The second kappa shape index (κ2) is 7.00. The molecule has 0 spiro atoms. The first kappa shape index (κ1) is 15.1. The van der Waals surface area contributed by atoms with Crippen LogP contribution in [-0.2, 0) is 22.6 Å². The zero-order valence-electron chi connectivity index (χ0n) is 13.0. The van der Waals surface area contributed by atoms with Crippen molar-refractivity contribution in [2.45, 2.75) is 26.2 Å². The van der Waals surface area contributed by atoms with E-state index in [1.807, 2.05) is 6.07 Å². The Hall–Kier alpha value is -1.76. The number of aromatic nitrogens is 2. The van der Waals surface area contributed by atoms with Crippen LogP contribution in [0.25, 0.3) is 0 Å². The molecule has 2 heterocycles. The van der Waals surface area contributed by atoms with Crippen LogP contribution in [0.4, 0.5) is 0 Å². The zero-order chi connectivity index (χ0) is 15.4. The lowest BCUT2D eigenvalue weighted by molar-refractivity contribution is -0.0458. The minimum atomic E-state index is -0.149. The van der Waals surface area contributed by atoms with Crippen molar-refractivity contribution < 1.29 is 13.9 Å². The summed E-state index contributed by atoms with van der Waals surface area (Å²) in [6, 6.07) is 8.36. The number of hydrogen-bond acceptors (Lipinski definition) is 6. The molecule has 0 amide bonds. The Morgan fingerprint density at radius 3 is 2.82 bits per heavy atom. The number of nitrogens with zero attached hydrogens (tertiary/aromatic N) is 3. The summed E-state index contributed by atoms with van der Waals surface area (Å²) in [6.45, 7) is 5.60. The highest BCUT2D eigenvalue weighted by Gasteiger charge is 2.26. The highest BCUT2D eigenvalue weighted by molar-refractivity contribution is 5.26. The smallest absolute Gasteiger partial charge is 0.246 e. The standard InChI is InChI=1S/C16H21N3O3/c1-12-17-18-16(22-12)15-10-19(7-8-21-15)9-13-5-3-4-6-14(13)11-20-2/h3-6,15H,7-11H2,1-2H3. The van der Waals surface area contributed by atoms with Gasteiger partial charge in [-0.3, -0.25) is 4.90 Å². The van der Waals surface area contributed by atoms with E-state index in [4.69, 9.17) is 13.9 Å². The number of rotatable bonds is 5. The number of morpholine rings is 1. The molecule has 1 atom stereocenters. The van der Waals surface area contributed by atoms with Crippen LogP contribution in [0.5, 0.6) is 0 Å². The van der Waals surface area contributed by atoms with E-state index in [1.54, 1.807) is 14.0 Å². The molecule has 1 unspecified atom stereocenters. The van der Waals surface area contributed by atoms with Crippen molar-refractivity contribution in [3.63, 3.8) is 0 Å². The van der Waals surface area contributed by atoms with Crippen molar-refractivity contribution in [2.24, 2.45) is 0 Å². The van der Waals surface area contributed by atoms with Gasteiger partial charge in [-0.15, -0.1) is 10.2 Å². The molecule has 1 aliphatic heterocycles. The summed E-state index contributed by atoms with van der Waals surface area (Å²) in [5, 5.41) is 7.95. The molecule has 0 bridgehead atoms. The van der Waals surface area contributed by atoms with Crippen LogP contribution in [-0.4, -0.2) is 41.9 Å². The third-order valence-corrected chi connectivity index (χ3v) is 3.78. The maximum Gasteiger partial charge on any atom is 0.246 e. The molecular weight excluding hydrogens is 282 g/mol. The lowest BCUT2D eigenvalue weighted by atomic mass is 10.1. The maximum absolute atomic E-state index is 5.76. The topological polar surface area (TPSA) is 60.6 Å². The van der Waals surface area contributed by atoms with Gasteiger partial charge in [0.05, 0.1) is 13.2 Å². The molecule has 118 valence electrons. The monoisotopic (exact) mass is 303 g/mol. The number of ether oxygens (including phenoxy) is 2. The first-order valence-corrected chi connectivity index (χ1v) is 7.46. The van der Waals surface area contributed by atoms with Crippen LogP contribution in [0.2, 0.25) is 0 Å². The van der Waals surface area contributed by atoms with E-state index in [0.29, 0.717) is 25.0 Å². The van der Waals surface area contributed by atoms with Gasteiger partial charge < -0.3 is 13.9 Å². The van der Waals surface area contributed by atoms with Gasteiger partial charge >= 0.3 is 0 Å². The molecule has 0 saturated carbocycles. The second-order valence-corrected chi connectivity index (χ2v) is 5.46. The average molecular weight is 303 g/mol. The zero-order valence-corrected chi connectivity index (χ0v) is 13.0. The Morgan fingerprint density at radius 1 is 1.27 bits per heavy atom. The molecule has 22 heavy (non-hydrogen) atoms. The summed E-state index contributed by atoms with van der Waals surface area (Å²) in [5.74, 6) is 1.13. The summed E-state index contributed by atoms with van der Waals surface area (Å²) in [7, 11) is 1.72. The normalized spacial score (nSPS) is 19.5. The Balaban J connectivity index is 1.68. The van der Waals surface area contributed by atoms with Crippen molar-refractivity contribution in [3.8, 4) is 0 Å². The molecule has 6 nitrogen and oxygen atoms in total. The van der Waals surface area contributed by atoms with E-state index in [9.17, 15) is 0 Å². The van der Waals surface area contributed by atoms with Crippen molar-refractivity contribution >= 4 is 0 Å². The van der Waals surface area contributed by atoms with Gasteiger partial charge in [0.2, 0.25) is 11.8 Å². The van der Waals surface area contributed by atoms with Gasteiger partial charge in [0, 0.05) is 33.7 Å². The average Bonchev–Trinajstić information content (AvgIpc) is 2.96. The van der Waals surface area contributed by atoms with Crippen molar-refractivity contribution in [2.75, 3.05) is 26.8 Å². The summed E-state index contributed by atoms with van der Waals surface area (Å²) >= 11 is 0. The minimum absolute atomic E-state index is 0.149. The quantitative estimate of drug-likeness (QED) is 0.843. The van der Waals surface area contributed by atoms with Crippen LogP contribution in [0.15, 0.2) is 28.7 Å². The fourth-order valence-electron chi connectivity index (χ4n) is 2.69. The molecule has 6 heteroatoms. The maximum atomic E-state index is 5.76. The third-order valence-electron chi connectivity index (χ3n) is 3.78. The van der Waals surface area contributed by atoms with Gasteiger partial charge in [-0.1, -0.05) is 24.3 Å². The van der Waals surface area contributed by atoms with E-state index in [1.165, 1.54) is 11.1 Å². The number of hydrogen-bond donors (Lipinski definition) is 0. The molecule has 1 saturated heterocycles. The van der Waals surface area contributed by atoms with Gasteiger partial charge in [-0.2, -0.15) is 0 Å². The predicted octanol–water partition coefficient (Wildman–Crippen LogP) is 2.10. The molecule has 0 aliphatic carbocycles. The Labute approximate surface area is 130 Å². The third kappa shape index (κ3) is 3.52. The Kier molecular flexibility index (Phi) is 4.82. The Morgan fingerprint density at radius 2 is 2.09 bits per heavy atom. The van der Waals surface area contributed by atoms with Gasteiger partial charge in [0.25, 0.3) is 0 Å². The van der Waals surface area contributed by atoms with Crippen molar-refractivity contribution in [1.29, 1.82) is 0 Å². The molecule has 1 aromatic heterocycles. The van der Waals surface area contributed by atoms with E-state index in [2.05, 4.69) is 33.3 Å². The molecule has 1 fully saturated rings. The minimum Gasteiger partial charge on any atom is -0.423 e. The summed E-state index contributed by atoms with van der Waals surface area (Å²) in [6.07, 6.45) is -0.149.